The monoisotopic (exact) mass is 316 g/mol. The number of nitrogens with zero attached hydrogens (tertiary/aromatic N) is 2. The van der Waals surface area contributed by atoms with Gasteiger partial charge in [-0.25, -0.2) is 0 Å². The molecule has 24 heavy (non-hydrogen) atoms. The number of ether oxygens (including phenoxy) is 1. The Labute approximate surface area is 140 Å². The molecule has 0 bridgehead atoms. The van der Waals surface area contributed by atoms with Gasteiger partial charge in [0, 0.05) is 12.0 Å². The summed E-state index contributed by atoms with van der Waals surface area (Å²) < 4.78 is 7.48. The highest BCUT2D eigenvalue weighted by molar-refractivity contribution is 5.86. The number of carbonyl (C=O) groups is 1. The van der Waals surface area contributed by atoms with Crippen LogP contribution in [0.15, 0.2) is 67.4 Å². The fourth-order valence-corrected chi connectivity index (χ4v) is 2.98. The van der Waals surface area contributed by atoms with Gasteiger partial charge in [-0.1, -0.05) is 49.0 Å². The first-order chi connectivity index (χ1) is 11.7. The SMILES string of the molecule is C=C1Oc2ccccc2-c2c1cnn2CC(=O)Cc1ccccc1. The molecule has 0 radical (unpaired) electrons. The van der Waals surface area contributed by atoms with Gasteiger partial charge in [0.05, 0.1) is 17.5 Å². The van der Waals surface area contributed by atoms with Gasteiger partial charge in [0.1, 0.15) is 18.1 Å². The van der Waals surface area contributed by atoms with Crippen LogP contribution in [0, 0.1) is 0 Å². The van der Waals surface area contributed by atoms with Crippen LogP contribution in [-0.4, -0.2) is 15.6 Å². The number of Topliss-reactive ketones (excluding diaryl/α,β-unsaturated/α-hetero) is 1. The molecular weight excluding hydrogens is 300 g/mol. The summed E-state index contributed by atoms with van der Waals surface area (Å²) >= 11 is 0. The summed E-state index contributed by atoms with van der Waals surface area (Å²) in [5.41, 5.74) is 3.67. The van der Waals surface area contributed by atoms with Gasteiger partial charge in [-0.2, -0.15) is 5.10 Å². The van der Waals surface area contributed by atoms with Crippen molar-refractivity contribution in [3.05, 3.63) is 78.5 Å². The van der Waals surface area contributed by atoms with E-state index in [9.17, 15) is 4.79 Å². The standard InChI is InChI=1S/C20H16N2O2/c1-14-18-12-21-22(13-16(23)11-15-7-3-2-4-8-15)20(18)17-9-5-6-10-19(17)24-14/h2-10,12H,1,11,13H2. The lowest BCUT2D eigenvalue weighted by Crippen LogP contribution is -2.16. The molecule has 4 rings (SSSR count). The molecular formula is C20H16N2O2. The zero-order valence-corrected chi connectivity index (χ0v) is 13.1. The fraction of sp³-hybridized carbons (Fsp3) is 0.100. The van der Waals surface area contributed by atoms with Crippen LogP contribution in [0.5, 0.6) is 5.75 Å². The number of hydrogen-bond acceptors (Lipinski definition) is 3. The van der Waals surface area contributed by atoms with Crippen molar-refractivity contribution in [2.75, 3.05) is 0 Å². The van der Waals surface area contributed by atoms with Crippen molar-refractivity contribution in [2.24, 2.45) is 0 Å². The molecule has 0 atom stereocenters. The van der Waals surface area contributed by atoms with E-state index in [-0.39, 0.29) is 12.3 Å². The van der Waals surface area contributed by atoms with E-state index in [2.05, 4.69) is 11.7 Å². The third-order valence-corrected chi connectivity index (χ3v) is 4.09. The zero-order chi connectivity index (χ0) is 16.5. The average Bonchev–Trinajstić information content (AvgIpc) is 3.00. The van der Waals surface area contributed by atoms with Gasteiger partial charge >= 0.3 is 0 Å². The van der Waals surface area contributed by atoms with Crippen molar-refractivity contribution in [1.29, 1.82) is 0 Å². The van der Waals surface area contributed by atoms with Crippen molar-refractivity contribution in [1.82, 2.24) is 9.78 Å². The average molecular weight is 316 g/mol. The zero-order valence-electron chi connectivity index (χ0n) is 13.1. The minimum absolute atomic E-state index is 0.113. The van der Waals surface area contributed by atoms with E-state index in [4.69, 9.17) is 4.74 Å². The Morgan fingerprint density at radius 1 is 1.04 bits per heavy atom. The molecule has 4 nitrogen and oxygen atoms in total. The quantitative estimate of drug-likeness (QED) is 0.737. The lowest BCUT2D eigenvalue weighted by Gasteiger charge is -2.20. The molecule has 0 saturated carbocycles. The molecule has 1 aliphatic rings. The van der Waals surface area contributed by atoms with Gasteiger partial charge in [-0.3, -0.25) is 9.48 Å². The molecule has 1 aliphatic heterocycles. The summed E-state index contributed by atoms with van der Waals surface area (Å²) in [6.45, 7) is 4.18. The molecule has 118 valence electrons. The summed E-state index contributed by atoms with van der Waals surface area (Å²) in [5, 5.41) is 4.38. The number of benzene rings is 2. The molecule has 1 aromatic heterocycles. The number of ketones is 1. The van der Waals surface area contributed by atoms with Gasteiger partial charge in [0.25, 0.3) is 0 Å². The number of rotatable bonds is 4. The molecule has 4 heteroatoms. The predicted octanol–water partition coefficient (Wildman–Crippen LogP) is 3.73. The largest absolute Gasteiger partial charge is 0.457 e. The summed E-state index contributed by atoms with van der Waals surface area (Å²) in [6, 6.07) is 17.5. The molecule has 0 fully saturated rings. The molecule has 0 N–H and O–H groups in total. The Balaban J connectivity index is 1.65. The summed E-state index contributed by atoms with van der Waals surface area (Å²) in [4.78, 5) is 12.4. The summed E-state index contributed by atoms with van der Waals surface area (Å²) in [6.07, 6.45) is 2.11. The molecule has 0 saturated heterocycles. The van der Waals surface area contributed by atoms with Crippen molar-refractivity contribution >= 4 is 11.5 Å². The fourth-order valence-electron chi connectivity index (χ4n) is 2.98. The van der Waals surface area contributed by atoms with E-state index < -0.39 is 0 Å². The normalized spacial score (nSPS) is 12.2. The van der Waals surface area contributed by atoms with Crippen LogP contribution in [0.3, 0.4) is 0 Å². The molecule has 3 aromatic rings. The smallest absolute Gasteiger partial charge is 0.158 e. The van der Waals surface area contributed by atoms with Crippen LogP contribution in [0.4, 0.5) is 0 Å². The second-order valence-corrected chi connectivity index (χ2v) is 5.79. The van der Waals surface area contributed by atoms with Crippen LogP contribution in [0.2, 0.25) is 0 Å². The van der Waals surface area contributed by atoms with Crippen LogP contribution >= 0.6 is 0 Å². The second-order valence-electron chi connectivity index (χ2n) is 5.79. The minimum Gasteiger partial charge on any atom is -0.457 e. The Kier molecular flexibility index (Phi) is 3.50. The van der Waals surface area contributed by atoms with Gasteiger partial charge in [-0.15, -0.1) is 0 Å². The van der Waals surface area contributed by atoms with Gasteiger partial charge in [0.2, 0.25) is 0 Å². The van der Waals surface area contributed by atoms with Crippen molar-refractivity contribution in [3.63, 3.8) is 0 Å². The number of hydrogen-bond donors (Lipinski definition) is 0. The van der Waals surface area contributed by atoms with E-state index in [0.717, 1.165) is 28.1 Å². The first-order valence-electron chi connectivity index (χ1n) is 7.80. The Morgan fingerprint density at radius 3 is 2.62 bits per heavy atom. The molecule has 0 aliphatic carbocycles. The van der Waals surface area contributed by atoms with Crippen LogP contribution in [0.25, 0.3) is 17.0 Å². The molecule has 0 unspecified atom stereocenters. The molecule has 0 spiro atoms. The van der Waals surface area contributed by atoms with Crippen LogP contribution < -0.4 is 4.74 Å². The number of aromatic nitrogens is 2. The number of fused-ring (bicyclic) bond motifs is 3. The van der Waals surface area contributed by atoms with Gasteiger partial charge in [-0.05, 0) is 17.7 Å². The van der Waals surface area contributed by atoms with Crippen molar-refractivity contribution in [2.45, 2.75) is 13.0 Å². The second kappa shape index (κ2) is 5.81. The molecule has 2 heterocycles. The lowest BCUT2D eigenvalue weighted by molar-refractivity contribution is -0.119. The topological polar surface area (TPSA) is 44.1 Å². The Morgan fingerprint density at radius 2 is 1.79 bits per heavy atom. The van der Waals surface area contributed by atoms with Crippen LogP contribution in [-0.2, 0) is 17.8 Å². The first kappa shape index (κ1) is 14.5. The third-order valence-electron chi connectivity index (χ3n) is 4.09. The van der Waals surface area contributed by atoms with E-state index in [1.54, 1.807) is 10.9 Å². The highest BCUT2D eigenvalue weighted by Gasteiger charge is 2.25. The highest BCUT2D eigenvalue weighted by atomic mass is 16.5. The maximum absolute atomic E-state index is 12.4. The van der Waals surface area contributed by atoms with E-state index in [1.807, 2.05) is 54.6 Å². The van der Waals surface area contributed by atoms with E-state index >= 15 is 0 Å². The van der Waals surface area contributed by atoms with E-state index in [1.165, 1.54) is 0 Å². The third kappa shape index (κ3) is 2.52. The summed E-state index contributed by atoms with van der Waals surface area (Å²) in [5.74, 6) is 1.42. The van der Waals surface area contributed by atoms with E-state index in [0.29, 0.717) is 12.2 Å². The lowest BCUT2D eigenvalue weighted by atomic mass is 10.0. The van der Waals surface area contributed by atoms with Crippen molar-refractivity contribution < 1.29 is 9.53 Å². The van der Waals surface area contributed by atoms with Crippen molar-refractivity contribution in [3.8, 4) is 17.0 Å². The first-order valence-corrected chi connectivity index (χ1v) is 7.80. The molecule has 0 amide bonds. The Bertz CT molecular complexity index is 926. The number of para-hydroxylation sites is 1. The predicted molar refractivity (Wildman–Crippen MR) is 92.5 cm³/mol. The molecule has 2 aromatic carbocycles. The highest BCUT2D eigenvalue weighted by Crippen LogP contribution is 2.41. The number of carbonyl (C=O) groups excluding carboxylic acids is 1. The van der Waals surface area contributed by atoms with Gasteiger partial charge < -0.3 is 4.74 Å². The maximum atomic E-state index is 12.4. The minimum atomic E-state index is 0.113. The van der Waals surface area contributed by atoms with Crippen LogP contribution in [0.1, 0.15) is 11.1 Å². The Hall–Kier alpha value is -3.14. The maximum Gasteiger partial charge on any atom is 0.158 e. The summed E-state index contributed by atoms with van der Waals surface area (Å²) in [7, 11) is 0. The van der Waals surface area contributed by atoms with Gasteiger partial charge in [0.15, 0.2) is 5.78 Å².